The minimum Gasteiger partial charge on any atom is -0.493 e. The molecule has 9 nitrogen and oxygen atoms in total. The fourth-order valence-corrected chi connectivity index (χ4v) is 3.30. The molecule has 2 aromatic carbocycles. The fourth-order valence-electron chi connectivity index (χ4n) is 2.50. The lowest BCUT2D eigenvalue weighted by Gasteiger charge is -2.11. The third kappa shape index (κ3) is 6.08. The number of ether oxygens (including phenoxy) is 2. The summed E-state index contributed by atoms with van der Waals surface area (Å²) < 4.78 is 12.5. The van der Waals surface area contributed by atoms with E-state index in [-0.39, 0.29) is 17.4 Å². The van der Waals surface area contributed by atoms with E-state index >= 15 is 0 Å². The molecule has 0 fully saturated rings. The van der Waals surface area contributed by atoms with E-state index in [2.05, 4.69) is 20.7 Å². The summed E-state index contributed by atoms with van der Waals surface area (Å²) in [6.07, 6.45) is 1.56. The van der Waals surface area contributed by atoms with Gasteiger partial charge in [0.1, 0.15) is 6.33 Å². The first-order valence-corrected chi connectivity index (χ1v) is 10.7. The number of methoxy groups -OCH3 is 1. The molecule has 3 rings (SSSR count). The lowest BCUT2D eigenvalue weighted by Crippen LogP contribution is -2.21. The van der Waals surface area contributed by atoms with Gasteiger partial charge in [0.2, 0.25) is 0 Å². The topological polar surface area (TPSA) is 108 Å². The number of carbonyl (C=O) groups excluding carboxylic acids is 2. The minimum absolute atomic E-state index is 0.145. The number of thioether (sulfide) groups is 1. The van der Waals surface area contributed by atoms with Gasteiger partial charge in [-0.25, -0.2) is 10.2 Å². The number of nitrogens with zero attached hydrogens (tertiary/aromatic N) is 4. The largest absolute Gasteiger partial charge is 0.493 e. The molecule has 0 saturated carbocycles. The second-order valence-corrected chi connectivity index (χ2v) is 7.89. The molecule has 11 heteroatoms. The number of carbonyl (C=O) groups is 2. The predicted octanol–water partition coefficient (Wildman–Crippen LogP) is 3.33. The second kappa shape index (κ2) is 10.8. The SMILES string of the molecule is COc1cc(/C(C)=N/NC(=O)CSc2nncn2C)ccc1OC(=O)c1ccc(Cl)cc1. The Morgan fingerprint density at radius 1 is 1.16 bits per heavy atom. The Morgan fingerprint density at radius 3 is 2.53 bits per heavy atom. The number of aryl methyl sites for hydroxylation is 1. The molecule has 1 heterocycles. The normalized spacial score (nSPS) is 11.2. The highest BCUT2D eigenvalue weighted by Crippen LogP contribution is 2.29. The van der Waals surface area contributed by atoms with E-state index in [1.807, 2.05) is 0 Å². The Bertz CT molecular complexity index is 1150. The van der Waals surface area contributed by atoms with Crippen LogP contribution in [-0.2, 0) is 11.8 Å². The first kappa shape index (κ1) is 23.3. The van der Waals surface area contributed by atoms with Gasteiger partial charge < -0.3 is 14.0 Å². The zero-order valence-corrected chi connectivity index (χ0v) is 19.1. The number of halogens is 1. The van der Waals surface area contributed by atoms with Crippen molar-refractivity contribution in [3.8, 4) is 11.5 Å². The van der Waals surface area contributed by atoms with Crippen LogP contribution in [0.3, 0.4) is 0 Å². The number of benzene rings is 2. The van der Waals surface area contributed by atoms with Crippen molar-refractivity contribution < 1.29 is 19.1 Å². The first-order chi connectivity index (χ1) is 15.4. The summed E-state index contributed by atoms with van der Waals surface area (Å²) >= 11 is 7.10. The molecular formula is C21H20ClN5O4S. The van der Waals surface area contributed by atoms with Gasteiger partial charge in [-0.15, -0.1) is 10.2 Å². The van der Waals surface area contributed by atoms with Crippen molar-refractivity contribution in [3.63, 3.8) is 0 Å². The lowest BCUT2D eigenvalue weighted by molar-refractivity contribution is -0.118. The van der Waals surface area contributed by atoms with Crippen molar-refractivity contribution in [3.05, 3.63) is 64.9 Å². The molecule has 1 N–H and O–H groups in total. The van der Waals surface area contributed by atoms with Crippen LogP contribution < -0.4 is 14.9 Å². The van der Waals surface area contributed by atoms with Crippen molar-refractivity contribution in [1.82, 2.24) is 20.2 Å². The molecule has 0 unspecified atom stereocenters. The Balaban J connectivity index is 1.63. The number of aromatic nitrogens is 3. The summed E-state index contributed by atoms with van der Waals surface area (Å²) in [6, 6.07) is 11.4. The number of amides is 1. The van der Waals surface area contributed by atoms with Gasteiger partial charge in [0.15, 0.2) is 16.7 Å². The van der Waals surface area contributed by atoms with Gasteiger partial charge in [-0.2, -0.15) is 5.10 Å². The van der Waals surface area contributed by atoms with Crippen LogP contribution in [0, 0.1) is 0 Å². The second-order valence-electron chi connectivity index (χ2n) is 6.51. The number of nitrogens with one attached hydrogen (secondary N) is 1. The molecule has 0 aliphatic carbocycles. The van der Waals surface area contributed by atoms with Gasteiger partial charge in [0, 0.05) is 17.6 Å². The molecule has 1 aromatic heterocycles. The van der Waals surface area contributed by atoms with Crippen LogP contribution in [0.15, 0.2) is 59.0 Å². The van der Waals surface area contributed by atoms with E-state index < -0.39 is 5.97 Å². The van der Waals surface area contributed by atoms with Crippen LogP contribution in [0.1, 0.15) is 22.8 Å². The summed E-state index contributed by atoms with van der Waals surface area (Å²) in [6.45, 7) is 1.74. The molecule has 1 amide bonds. The predicted molar refractivity (Wildman–Crippen MR) is 121 cm³/mol. The van der Waals surface area contributed by atoms with Gasteiger partial charge in [-0.05, 0) is 49.4 Å². The average molecular weight is 474 g/mol. The Kier molecular flexibility index (Phi) is 7.85. The van der Waals surface area contributed by atoms with Gasteiger partial charge in [-0.1, -0.05) is 23.4 Å². The highest BCUT2D eigenvalue weighted by atomic mass is 35.5. The van der Waals surface area contributed by atoms with Gasteiger partial charge in [0.25, 0.3) is 5.91 Å². The monoisotopic (exact) mass is 473 g/mol. The van der Waals surface area contributed by atoms with Gasteiger partial charge in [0.05, 0.1) is 24.1 Å². The summed E-state index contributed by atoms with van der Waals surface area (Å²) in [7, 11) is 3.27. The van der Waals surface area contributed by atoms with E-state index in [0.717, 1.165) is 0 Å². The Labute approximate surface area is 193 Å². The average Bonchev–Trinajstić information content (AvgIpc) is 3.21. The third-order valence-electron chi connectivity index (χ3n) is 4.21. The van der Waals surface area contributed by atoms with Gasteiger partial charge >= 0.3 is 5.97 Å². The Hall–Kier alpha value is -3.37. The van der Waals surface area contributed by atoms with Crippen molar-refractivity contribution in [2.24, 2.45) is 12.1 Å². The van der Waals surface area contributed by atoms with Crippen molar-refractivity contribution in [2.75, 3.05) is 12.9 Å². The summed E-state index contributed by atoms with van der Waals surface area (Å²) in [5, 5.41) is 12.9. The van der Waals surface area contributed by atoms with E-state index in [0.29, 0.717) is 32.8 Å². The van der Waals surface area contributed by atoms with Crippen LogP contribution >= 0.6 is 23.4 Å². The number of hydrogen-bond donors (Lipinski definition) is 1. The molecule has 0 saturated heterocycles. The Morgan fingerprint density at radius 2 is 1.88 bits per heavy atom. The molecule has 3 aromatic rings. The maximum Gasteiger partial charge on any atom is 0.343 e. The number of hydrazone groups is 1. The summed E-state index contributed by atoms with van der Waals surface area (Å²) in [5.74, 6) is -0.0630. The molecule has 0 atom stereocenters. The molecule has 32 heavy (non-hydrogen) atoms. The molecule has 0 bridgehead atoms. The quantitative estimate of drug-likeness (QED) is 0.176. The zero-order chi connectivity index (χ0) is 23.1. The molecular weight excluding hydrogens is 454 g/mol. The smallest absolute Gasteiger partial charge is 0.343 e. The zero-order valence-electron chi connectivity index (χ0n) is 17.5. The van der Waals surface area contributed by atoms with Crippen molar-refractivity contribution in [2.45, 2.75) is 12.1 Å². The van der Waals surface area contributed by atoms with Crippen LogP contribution in [-0.4, -0.2) is 45.2 Å². The van der Waals surface area contributed by atoms with E-state index in [1.165, 1.54) is 18.9 Å². The molecule has 166 valence electrons. The summed E-state index contributed by atoms with van der Waals surface area (Å²) in [4.78, 5) is 24.4. The molecule has 0 aliphatic heterocycles. The van der Waals surface area contributed by atoms with E-state index in [9.17, 15) is 9.59 Å². The van der Waals surface area contributed by atoms with Crippen LogP contribution in [0.25, 0.3) is 0 Å². The highest BCUT2D eigenvalue weighted by Gasteiger charge is 2.14. The van der Waals surface area contributed by atoms with Gasteiger partial charge in [-0.3, -0.25) is 4.79 Å². The number of rotatable bonds is 8. The first-order valence-electron chi connectivity index (χ1n) is 9.33. The van der Waals surface area contributed by atoms with E-state index in [1.54, 1.807) is 67.3 Å². The number of hydrogen-bond acceptors (Lipinski definition) is 8. The van der Waals surface area contributed by atoms with Crippen molar-refractivity contribution in [1.29, 1.82) is 0 Å². The third-order valence-corrected chi connectivity index (χ3v) is 5.50. The maximum atomic E-state index is 12.4. The molecule has 0 radical (unpaired) electrons. The lowest BCUT2D eigenvalue weighted by atomic mass is 10.1. The van der Waals surface area contributed by atoms with Crippen LogP contribution in [0.5, 0.6) is 11.5 Å². The number of esters is 1. The standard InChI is InChI=1S/C21H20ClN5O4S/c1-13(24-25-19(28)11-32-21-26-23-12-27(21)2)15-6-9-17(18(10-15)30-3)31-20(29)14-4-7-16(22)8-5-14/h4-10,12H,11H2,1-3H3,(H,25,28)/b24-13+. The highest BCUT2D eigenvalue weighted by molar-refractivity contribution is 7.99. The maximum absolute atomic E-state index is 12.4. The van der Waals surface area contributed by atoms with Crippen LogP contribution in [0.4, 0.5) is 0 Å². The van der Waals surface area contributed by atoms with E-state index in [4.69, 9.17) is 21.1 Å². The summed E-state index contributed by atoms with van der Waals surface area (Å²) in [5.41, 5.74) is 4.11. The van der Waals surface area contributed by atoms with Crippen molar-refractivity contribution >= 4 is 41.0 Å². The minimum atomic E-state index is -0.536. The molecule has 0 aliphatic rings. The van der Waals surface area contributed by atoms with Crippen LogP contribution in [0.2, 0.25) is 5.02 Å². The molecule has 0 spiro atoms. The fraction of sp³-hybridized carbons (Fsp3) is 0.190.